The number of aryl methyl sites for hydroxylation is 2. The van der Waals surface area contributed by atoms with Crippen LogP contribution in [0, 0.1) is 6.92 Å². The van der Waals surface area contributed by atoms with Crippen LogP contribution in [0.25, 0.3) is 0 Å². The molecular formula is C14H18N4O. The fourth-order valence-electron chi connectivity index (χ4n) is 2.03. The van der Waals surface area contributed by atoms with Crippen molar-refractivity contribution in [2.24, 2.45) is 5.73 Å². The van der Waals surface area contributed by atoms with Crippen molar-refractivity contribution in [2.75, 3.05) is 7.11 Å². The number of methoxy groups -OCH3 is 1. The second kappa shape index (κ2) is 5.75. The van der Waals surface area contributed by atoms with E-state index in [9.17, 15) is 0 Å². The van der Waals surface area contributed by atoms with Gasteiger partial charge in [-0.2, -0.15) is 10.2 Å². The summed E-state index contributed by atoms with van der Waals surface area (Å²) in [5.74, 6) is 0.687. The number of nitrogens with zero attached hydrogens (tertiary/aromatic N) is 3. The summed E-state index contributed by atoms with van der Waals surface area (Å²) in [6.45, 7) is 3.93. The summed E-state index contributed by atoms with van der Waals surface area (Å²) in [4.78, 5) is 4.33. The monoisotopic (exact) mass is 258 g/mol. The first-order chi connectivity index (χ1) is 9.17. The Hall–Kier alpha value is -2.01. The molecule has 2 heterocycles. The first kappa shape index (κ1) is 13.4. The zero-order valence-corrected chi connectivity index (χ0v) is 11.4. The summed E-state index contributed by atoms with van der Waals surface area (Å²) in [5, 5.41) is 8.27. The summed E-state index contributed by atoms with van der Waals surface area (Å²) in [6.07, 6.45) is 2.50. The third kappa shape index (κ3) is 2.71. The number of pyridine rings is 1. The van der Waals surface area contributed by atoms with Crippen molar-refractivity contribution in [1.82, 2.24) is 15.2 Å². The van der Waals surface area contributed by atoms with Gasteiger partial charge >= 0.3 is 0 Å². The lowest BCUT2D eigenvalue weighted by Gasteiger charge is -2.17. The smallest absolute Gasteiger partial charge is 0.142 e. The van der Waals surface area contributed by atoms with Crippen LogP contribution in [0.15, 0.2) is 24.4 Å². The fourth-order valence-corrected chi connectivity index (χ4v) is 2.03. The first-order valence-corrected chi connectivity index (χ1v) is 6.25. The second-order valence-electron chi connectivity index (χ2n) is 4.31. The van der Waals surface area contributed by atoms with E-state index in [-0.39, 0.29) is 6.04 Å². The minimum atomic E-state index is -0.361. The number of aromatic nitrogens is 3. The molecule has 1 atom stereocenters. The van der Waals surface area contributed by atoms with E-state index < -0.39 is 0 Å². The third-order valence-corrected chi connectivity index (χ3v) is 3.01. The van der Waals surface area contributed by atoms with E-state index in [2.05, 4.69) is 15.2 Å². The summed E-state index contributed by atoms with van der Waals surface area (Å²) >= 11 is 0. The van der Waals surface area contributed by atoms with E-state index in [0.29, 0.717) is 11.4 Å². The van der Waals surface area contributed by atoms with Gasteiger partial charge in [0.05, 0.1) is 24.5 Å². The largest absolute Gasteiger partial charge is 0.495 e. The van der Waals surface area contributed by atoms with E-state index in [1.54, 1.807) is 13.3 Å². The molecule has 0 aliphatic rings. The normalized spacial score (nSPS) is 12.2. The molecule has 0 amide bonds. The van der Waals surface area contributed by atoms with Gasteiger partial charge < -0.3 is 10.5 Å². The topological polar surface area (TPSA) is 73.9 Å². The van der Waals surface area contributed by atoms with Crippen LogP contribution in [-0.4, -0.2) is 22.3 Å². The van der Waals surface area contributed by atoms with Gasteiger partial charge in [-0.25, -0.2) is 0 Å². The van der Waals surface area contributed by atoms with Gasteiger partial charge in [0.1, 0.15) is 11.4 Å². The molecule has 0 radical (unpaired) electrons. The molecule has 0 aliphatic carbocycles. The molecule has 2 aromatic rings. The average Bonchev–Trinajstić information content (AvgIpc) is 2.46. The van der Waals surface area contributed by atoms with Crippen molar-refractivity contribution in [2.45, 2.75) is 26.3 Å². The standard InChI is InChI=1S/C14H18N4O/c1-4-11-10(8-9(2)17-18-11)13(15)14-12(19-3)6-5-7-16-14/h5-8,13H,4,15H2,1-3H3. The molecule has 5 nitrogen and oxygen atoms in total. The van der Waals surface area contributed by atoms with Crippen LogP contribution in [0.1, 0.15) is 35.6 Å². The van der Waals surface area contributed by atoms with Crippen molar-refractivity contribution in [3.8, 4) is 5.75 Å². The van der Waals surface area contributed by atoms with Crippen LogP contribution < -0.4 is 10.5 Å². The van der Waals surface area contributed by atoms with Crippen LogP contribution in [-0.2, 0) is 6.42 Å². The molecule has 100 valence electrons. The minimum absolute atomic E-state index is 0.361. The van der Waals surface area contributed by atoms with E-state index in [1.165, 1.54) is 0 Å². The molecule has 0 aliphatic heterocycles. The predicted molar refractivity (Wildman–Crippen MR) is 73.0 cm³/mol. The Kier molecular flexibility index (Phi) is 4.06. The van der Waals surface area contributed by atoms with Gasteiger partial charge in [0.15, 0.2) is 0 Å². The Morgan fingerprint density at radius 2 is 2.16 bits per heavy atom. The second-order valence-corrected chi connectivity index (χ2v) is 4.31. The van der Waals surface area contributed by atoms with E-state index >= 15 is 0 Å². The number of rotatable bonds is 4. The van der Waals surface area contributed by atoms with Crippen molar-refractivity contribution in [3.05, 3.63) is 47.0 Å². The zero-order valence-electron chi connectivity index (χ0n) is 11.4. The van der Waals surface area contributed by atoms with Crippen LogP contribution in [0.4, 0.5) is 0 Å². The number of nitrogens with two attached hydrogens (primary N) is 1. The summed E-state index contributed by atoms with van der Waals surface area (Å²) in [6, 6.07) is 5.28. The molecule has 0 saturated heterocycles. The molecular weight excluding hydrogens is 240 g/mol. The molecule has 5 heteroatoms. The average molecular weight is 258 g/mol. The molecule has 1 unspecified atom stereocenters. The number of hydrogen-bond acceptors (Lipinski definition) is 5. The third-order valence-electron chi connectivity index (χ3n) is 3.01. The quantitative estimate of drug-likeness (QED) is 0.905. The number of hydrogen-bond donors (Lipinski definition) is 1. The van der Waals surface area contributed by atoms with Gasteiger partial charge in [-0.3, -0.25) is 4.98 Å². The summed E-state index contributed by atoms with van der Waals surface area (Å²) in [5.41, 5.74) is 9.73. The molecule has 19 heavy (non-hydrogen) atoms. The van der Waals surface area contributed by atoms with Gasteiger partial charge in [-0.05, 0) is 31.5 Å². The minimum Gasteiger partial charge on any atom is -0.495 e. The van der Waals surface area contributed by atoms with Crippen molar-refractivity contribution >= 4 is 0 Å². The highest BCUT2D eigenvalue weighted by Crippen LogP contribution is 2.27. The van der Waals surface area contributed by atoms with Crippen molar-refractivity contribution < 1.29 is 4.74 Å². The van der Waals surface area contributed by atoms with Gasteiger partial charge in [0.25, 0.3) is 0 Å². The molecule has 0 saturated carbocycles. The Bertz CT molecular complexity index is 571. The molecule has 0 bridgehead atoms. The lowest BCUT2D eigenvalue weighted by molar-refractivity contribution is 0.404. The van der Waals surface area contributed by atoms with Crippen LogP contribution in [0.2, 0.25) is 0 Å². The van der Waals surface area contributed by atoms with Crippen LogP contribution >= 0.6 is 0 Å². The van der Waals surface area contributed by atoms with Crippen LogP contribution in [0.3, 0.4) is 0 Å². The molecule has 2 aromatic heterocycles. The zero-order chi connectivity index (χ0) is 13.8. The van der Waals surface area contributed by atoms with Gasteiger partial charge in [-0.1, -0.05) is 6.92 Å². The van der Waals surface area contributed by atoms with E-state index in [1.807, 2.05) is 32.0 Å². The molecule has 2 rings (SSSR count). The van der Waals surface area contributed by atoms with E-state index in [0.717, 1.165) is 23.4 Å². The van der Waals surface area contributed by atoms with Crippen molar-refractivity contribution in [3.63, 3.8) is 0 Å². The highest BCUT2D eigenvalue weighted by molar-refractivity contribution is 5.38. The molecule has 0 spiro atoms. The van der Waals surface area contributed by atoms with Gasteiger partial charge in [0, 0.05) is 11.8 Å². The maximum Gasteiger partial charge on any atom is 0.142 e. The summed E-state index contributed by atoms with van der Waals surface area (Å²) in [7, 11) is 1.62. The Morgan fingerprint density at radius 1 is 1.37 bits per heavy atom. The van der Waals surface area contributed by atoms with Crippen LogP contribution in [0.5, 0.6) is 5.75 Å². The lowest BCUT2D eigenvalue weighted by Crippen LogP contribution is -2.18. The van der Waals surface area contributed by atoms with Crippen molar-refractivity contribution in [1.29, 1.82) is 0 Å². The lowest BCUT2D eigenvalue weighted by atomic mass is 10.0. The SMILES string of the molecule is CCc1nnc(C)cc1C(N)c1ncccc1OC. The molecule has 0 fully saturated rings. The number of ether oxygens (including phenoxy) is 1. The first-order valence-electron chi connectivity index (χ1n) is 6.25. The highest BCUT2D eigenvalue weighted by atomic mass is 16.5. The Labute approximate surface area is 112 Å². The molecule has 0 aromatic carbocycles. The van der Waals surface area contributed by atoms with Gasteiger partial charge in [-0.15, -0.1) is 0 Å². The summed E-state index contributed by atoms with van der Waals surface area (Å²) < 4.78 is 5.31. The Morgan fingerprint density at radius 3 is 2.84 bits per heavy atom. The van der Waals surface area contributed by atoms with E-state index in [4.69, 9.17) is 10.5 Å². The maximum absolute atomic E-state index is 6.33. The fraction of sp³-hybridized carbons (Fsp3) is 0.357. The molecule has 2 N–H and O–H groups in total. The maximum atomic E-state index is 6.33. The predicted octanol–water partition coefficient (Wildman–Crippen LogP) is 1.80. The van der Waals surface area contributed by atoms with Gasteiger partial charge in [0.2, 0.25) is 0 Å². The Balaban J connectivity index is 2.49. The highest BCUT2D eigenvalue weighted by Gasteiger charge is 2.19.